The molecule has 1 fully saturated rings. The van der Waals surface area contributed by atoms with Crippen LogP contribution >= 0.6 is 0 Å². The molecule has 1 aromatic carbocycles. The topological polar surface area (TPSA) is 39.1 Å². The van der Waals surface area contributed by atoms with Gasteiger partial charge in [-0.05, 0) is 37.1 Å². The van der Waals surface area contributed by atoms with E-state index in [1.165, 1.54) is 12.8 Å². The van der Waals surface area contributed by atoms with Crippen molar-refractivity contribution in [2.75, 3.05) is 13.2 Å². The molecule has 19 heavy (non-hydrogen) atoms. The molecule has 1 aromatic heterocycles. The van der Waals surface area contributed by atoms with Crippen LogP contribution in [0.3, 0.4) is 0 Å². The van der Waals surface area contributed by atoms with E-state index in [0.717, 1.165) is 30.0 Å². The lowest BCUT2D eigenvalue weighted by molar-refractivity contribution is 0.277. The maximum absolute atomic E-state index is 5.87. The maximum atomic E-state index is 5.87. The highest BCUT2D eigenvalue weighted by atomic mass is 16.5. The molecule has 0 radical (unpaired) electrons. The van der Waals surface area contributed by atoms with Crippen molar-refractivity contribution < 1.29 is 4.74 Å². The fourth-order valence-electron chi connectivity index (χ4n) is 2.43. The minimum absolute atomic E-state index is 0.502. The molecule has 1 N–H and O–H groups in total. The number of hydrogen-bond acceptors (Lipinski definition) is 3. The van der Waals surface area contributed by atoms with Crippen molar-refractivity contribution in [2.24, 2.45) is 7.05 Å². The number of aromatic nitrogens is 2. The molecular formula is C15H19N3O. The van der Waals surface area contributed by atoms with E-state index < -0.39 is 0 Å². The second-order valence-electron chi connectivity index (χ2n) is 5.03. The number of rotatable bonds is 4. The van der Waals surface area contributed by atoms with Gasteiger partial charge in [-0.15, -0.1) is 0 Å². The molecule has 100 valence electrons. The predicted octanol–water partition coefficient (Wildman–Crippen LogP) is 2.22. The summed E-state index contributed by atoms with van der Waals surface area (Å²) in [4.78, 5) is 0. The molecule has 2 heterocycles. The molecule has 0 aliphatic carbocycles. The molecule has 1 aliphatic rings. The number of aryl methyl sites for hydroxylation is 1. The monoisotopic (exact) mass is 257 g/mol. The zero-order chi connectivity index (χ0) is 13.1. The zero-order valence-electron chi connectivity index (χ0n) is 11.2. The van der Waals surface area contributed by atoms with E-state index in [4.69, 9.17) is 4.74 Å². The summed E-state index contributed by atoms with van der Waals surface area (Å²) in [6.45, 7) is 1.86. The van der Waals surface area contributed by atoms with Crippen molar-refractivity contribution in [1.29, 1.82) is 0 Å². The summed E-state index contributed by atoms with van der Waals surface area (Å²) in [7, 11) is 1.93. The number of hydrogen-bond donors (Lipinski definition) is 1. The van der Waals surface area contributed by atoms with E-state index in [2.05, 4.69) is 22.5 Å². The highest BCUT2D eigenvalue weighted by Gasteiger charge is 2.14. The Hall–Kier alpha value is -1.81. The van der Waals surface area contributed by atoms with Crippen LogP contribution in [0.25, 0.3) is 11.1 Å². The third kappa shape index (κ3) is 2.96. The van der Waals surface area contributed by atoms with Crippen LogP contribution < -0.4 is 10.1 Å². The maximum Gasteiger partial charge on any atom is 0.119 e. The summed E-state index contributed by atoms with van der Waals surface area (Å²) in [5.74, 6) is 0.926. The van der Waals surface area contributed by atoms with Gasteiger partial charge in [-0.1, -0.05) is 12.1 Å². The first-order chi connectivity index (χ1) is 9.31. The van der Waals surface area contributed by atoms with Gasteiger partial charge in [0.15, 0.2) is 0 Å². The highest BCUT2D eigenvalue weighted by Crippen LogP contribution is 2.23. The lowest BCUT2D eigenvalue weighted by Crippen LogP contribution is -2.28. The molecule has 1 atom stereocenters. The van der Waals surface area contributed by atoms with Crippen LogP contribution in [0, 0.1) is 0 Å². The smallest absolute Gasteiger partial charge is 0.119 e. The fourth-order valence-corrected chi connectivity index (χ4v) is 2.43. The molecule has 1 aliphatic heterocycles. The third-order valence-corrected chi connectivity index (χ3v) is 3.49. The Kier molecular flexibility index (Phi) is 3.51. The van der Waals surface area contributed by atoms with Crippen molar-refractivity contribution >= 4 is 0 Å². The van der Waals surface area contributed by atoms with Gasteiger partial charge in [0.25, 0.3) is 0 Å². The van der Waals surface area contributed by atoms with Gasteiger partial charge in [0.2, 0.25) is 0 Å². The molecule has 1 unspecified atom stereocenters. The zero-order valence-corrected chi connectivity index (χ0v) is 11.2. The summed E-state index contributed by atoms with van der Waals surface area (Å²) in [6.07, 6.45) is 6.35. The average molecular weight is 257 g/mol. The highest BCUT2D eigenvalue weighted by molar-refractivity contribution is 5.63. The second kappa shape index (κ2) is 5.45. The van der Waals surface area contributed by atoms with Gasteiger partial charge in [0, 0.05) is 24.8 Å². The minimum atomic E-state index is 0.502. The minimum Gasteiger partial charge on any atom is -0.492 e. The molecule has 4 heteroatoms. The van der Waals surface area contributed by atoms with E-state index in [9.17, 15) is 0 Å². The summed E-state index contributed by atoms with van der Waals surface area (Å²) < 4.78 is 7.68. The first-order valence-electron chi connectivity index (χ1n) is 6.76. The van der Waals surface area contributed by atoms with Crippen LogP contribution in [0.1, 0.15) is 12.8 Å². The Morgan fingerprint density at radius 3 is 3.11 bits per heavy atom. The van der Waals surface area contributed by atoms with Crippen LogP contribution in [0.5, 0.6) is 5.75 Å². The lowest BCUT2D eigenvalue weighted by Gasteiger charge is -2.12. The molecule has 4 nitrogen and oxygen atoms in total. The summed E-state index contributed by atoms with van der Waals surface area (Å²) in [5.41, 5.74) is 2.26. The van der Waals surface area contributed by atoms with E-state index in [-0.39, 0.29) is 0 Å². The molecule has 1 saturated heterocycles. The number of ether oxygens (including phenoxy) is 1. The molecule has 0 saturated carbocycles. The van der Waals surface area contributed by atoms with Gasteiger partial charge >= 0.3 is 0 Å². The molecule has 0 amide bonds. The van der Waals surface area contributed by atoms with Crippen molar-refractivity contribution in [3.8, 4) is 16.9 Å². The number of benzene rings is 1. The Bertz CT molecular complexity index is 544. The van der Waals surface area contributed by atoms with E-state index in [0.29, 0.717) is 6.04 Å². The van der Waals surface area contributed by atoms with Gasteiger partial charge in [-0.2, -0.15) is 5.10 Å². The van der Waals surface area contributed by atoms with Crippen LogP contribution in [-0.4, -0.2) is 29.0 Å². The molecule has 2 aromatic rings. The number of nitrogens with zero attached hydrogens (tertiary/aromatic N) is 2. The third-order valence-electron chi connectivity index (χ3n) is 3.49. The summed E-state index contributed by atoms with van der Waals surface area (Å²) in [6, 6.07) is 8.69. The van der Waals surface area contributed by atoms with Gasteiger partial charge < -0.3 is 10.1 Å². The molecule has 0 spiro atoms. The van der Waals surface area contributed by atoms with Crippen LogP contribution in [-0.2, 0) is 7.05 Å². The van der Waals surface area contributed by atoms with Crippen LogP contribution in [0.2, 0.25) is 0 Å². The lowest BCUT2D eigenvalue weighted by atomic mass is 10.1. The van der Waals surface area contributed by atoms with E-state index in [1.807, 2.05) is 36.3 Å². The van der Waals surface area contributed by atoms with Gasteiger partial charge in [-0.25, -0.2) is 0 Å². The quantitative estimate of drug-likeness (QED) is 0.913. The summed E-state index contributed by atoms with van der Waals surface area (Å²) in [5, 5.41) is 7.64. The first kappa shape index (κ1) is 12.2. The van der Waals surface area contributed by atoms with Gasteiger partial charge in [0.05, 0.1) is 6.20 Å². The largest absolute Gasteiger partial charge is 0.492 e. The van der Waals surface area contributed by atoms with Crippen molar-refractivity contribution in [3.63, 3.8) is 0 Å². The first-order valence-corrected chi connectivity index (χ1v) is 6.76. The SMILES string of the molecule is Cn1cc(-c2cccc(OCC3CCCN3)c2)cn1. The van der Waals surface area contributed by atoms with Crippen LogP contribution in [0.15, 0.2) is 36.7 Å². The van der Waals surface area contributed by atoms with Gasteiger partial charge in [-0.3, -0.25) is 4.68 Å². The Labute approximate surface area is 113 Å². The van der Waals surface area contributed by atoms with E-state index >= 15 is 0 Å². The average Bonchev–Trinajstić information content (AvgIpc) is 3.08. The standard InChI is InChI=1S/C15H19N3O/c1-18-10-13(9-17-18)12-4-2-6-15(8-12)19-11-14-5-3-7-16-14/h2,4,6,8-10,14,16H,3,5,7,11H2,1H3. The van der Waals surface area contributed by atoms with Crippen molar-refractivity contribution in [3.05, 3.63) is 36.7 Å². The predicted molar refractivity (Wildman–Crippen MR) is 75.2 cm³/mol. The van der Waals surface area contributed by atoms with Gasteiger partial charge in [0.1, 0.15) is 12.4 Å². The Morgan fingerprint density at radius 1 is 1.42 bits per heavy atom. The fraction of sp³-hybridized carbons (Fsp3) is 0.400. The van der Waals surface area contributed by atoms with Crippen molar-refractivity contribution in [2.45, 2.75) is 18.9 Å². The van der Waals surface area contributed by atoms with Crippen LogP contribution in [0.4, 0.5) is 0 Å². The normalized spacial score (nSPS) is 18.7. The Morgan fingerprint density at radius 2 is 2.37 bits per heavy atom. The Balaban J connectivity index is 1.69. The molecule has 3 rings (SSSR count). The summed E-state index contributed by atoms with van der Waals surface area (Å²) >= 11 is 0. The second-order valence-corrected chi connectivity index (χ2v) is 5.03. The van der Waals surface area contributed by atoms with Crippen molar-refractivity contribution in [1.82, 2.24) is 15.1 Å². The van der Waals surface area contributed by atoms with E-state index in [1.54, 1.807) is 0 Å². The number of nitrogens with one attached hydrogen (secondary N) is 1. The molecular weight excluding hydrogens is 238 g/mol. The molecule has 0 bridgehead atoms.